The third kappa shape index (κ3) is 4.04. The quantitative estimate of drug-likeness (QED) is 0.883. The van der Waals surface area contributed by atoms with Gasteiger partial charge >= 0.3 is 0 Å². The largest absolute Gasteiger partial charge is 0.368 e. The first kappa shape index (κ1) is 15.5. The van der Waals surface area contributed by atoms with E-state index in [4.69, 9.17) is 5.73 Å². The summed E-state index contributed by atoms with van der Waals surface area (Å²) in [5.74, 6) is -0.441. The van der Waals surface area contributed by atoms with Crippen LogP contribution in [0.5, 0.6) is 0 Å². The van der Waals surface area contributed by atoms with Gasteiger partial charge in [-0.25, -0.2) is 0 Å². The number of benzene rings is 1. The van der Waals surface area contributed by atoms with Gasteiger partial charge in [-0.3, -0.25) is 14.5 Å². The molecule has 0 bridgehead atoms. The molecule has 0 aliphatic carbocycles. The molecule has 114 valence electrons. The third-order valence-corrected chi connectivity index (χ3v) is 3.94. The maximum atomic E-state index is 12.2. The normalized spacial score (nSPS) is 19.2. The van der Waals surface area contributed by atoms with Gasteiger partial charge in [-0.1, -0.05) is 24.1 Å². The number of nitrogens with one attached hydrogen (secondary N) is 1. The summed E-state index contributed by atoms with van der Waals surface area (Å²) >= 11 is 0. The van der Waals surface area contributed by atoms with Gasteiger partial charge in [0, 0.05) is 5.69 Å². The molecule has 1 aliphatic heterocycles. The Morgan fingerprint density at radius 2 is 2.10 bits per heavy atom. The van der Waals surface area contributed by atoms with Gasteiger partial charge in [0.05, 0.1) is 12.6 Å². The number of anilines is 1. The highest BCUT2D eigenvalue weighted by Crippen LogP contribution is 2.18. The summed E-state index contributed by atoms with van der Waals surface area (Å²) in [7, 11) is 0. The van der Waals surface area contributed by atoms with E-state index in [9.17, 15) is 9.59 Å². The highest BCUT2D eigenvalue weighted by molar-refractivity contribution is 5.93. The Hall–Kier alpha value is -1.88. The predicted molar refractivity (Wildman–Crippen MR) is 83.0 cm³/mol. The number of amides is 2. The minimum Gasteiger partial charge on any atom is -0.368 e. The Bertz CT molecular complexity index is 542. The lowest BCUT2D eigenvalue weighted by Gasteiger charge is -2.32. The molecule has 21 heavy (non-hydrogen) atoms. The van der Waals surface area contributed by atoms with Crippen molar-refractivity contribution in [1.29, 1.82) is 0 Å². The molecule has 2 amide bonds. The lowest BCUT2D eigenvalue weighted by atomic mass is 10.0. The number of carbonyl (C=O) groups excluding carboxylic acids is 2. The number of nitrogens with two attached hydrogens (primary N) is 1. The number of primary amides is 1. The van der Waals surface area contributed by atoms with Gasteiger partial charge in [0.2, 0.25) is 11.8 Å². The number of aryl methyl sites for hydroxylation is 2. The fourth-order valence-corrected chi connectivity index (χ4v) is 2.83. The number of hydrogen-bond acceptors (Lipinski definition) is 3. The molecule has 1 atom stereocenters. The first-order valence-electron chi connectivity index (χ1n) is 7.38. The monoisotopic (exact) mass is 289 g/mol. The molecule has 5 nitrogen and oxygen atoms in total. The Kier molecular flexibility index (Phi) is 4.96. The molecule has 0 aromatic heterocycles. The van der Waals surface area contributed by atoms with Gasteiger partial charge in [0.15, 0.2) is 0 Å². The van der Waals surface area contributed by atoms with Crippen LogP contribution in [0.3, 0.4) is 0 Å². The van der Waals surface area contributed by atoms with Crippen molar-refractivity contribution in [3.8, 4) is 0 Å². The summed E-state index contributed by atoms with van der Waals surface area (Å²) in [6.07, 6.45) is 2.73. The zero-order valence-corrected chi connectivity index (χ0v) is 12.7. The predicted octanol–water partition coefficient (Wildman–Crippen LogP) is 1.58. The summed E-state index contributed by atoms with van der Waals surface area (Å²) in [6.45, 7) is 4.94. The van der Waals surface area contributed by atoms with Crippen molar-refractivity contribution in [3.63, 3.8) is 0 Å². The minimum atomic E-state index is -0.339. The molecule has 1 aromatic carbocycles. The van der Waals surface area contributed by atoms with Crippen LogP contribution < -0.4 is 11.1 Å². The molecule has 1 saturated heterocycles. The van der Waals surface area contributed by atoms with E-state index >= 15 is 0 Å². The van der Waals surface area contributed by atoms with Crippen molar-refractivity contribution in [3.05, 3.63) is 29.3 Å². The van der Waals surface area contributed by atoms with Crippen molar-refractivity contribution in [2.75, 3.05) is 18.4 Å². The molecule has 0 radical (unpaired) electrons. The second-order valence-electron chi connectivity index (χ2n) is 5.75. The number of likely N-dealkylation sites (tertiary alicyclic amines) is 1. The minimum absolute atomic E-state index is 0.102. The zero-order valence-electron chi connectivity index (χ0n) is 12.7. The molecule has 0 unspecified atom stereocenters. The molecule has 0 spiro atoms. The average molecular weight is 289 g/mol. The van der Waals surface area contributed by atoms with E-state index in [1.54, 1.807) is 0 Å². The van der Waals surface area contributed by atoms with E-state index in [0.717, 1.165) is 42.6 Å². The zero-order chi connectivity index (χ0) is 15.4. The molecular weight excluding hydrogens is 266 g/mol. The highest BCUT2D eigenvalue weighted by atomic mass is 16.2. The Balaban J connectivity index is 1.98. The summed E-state index contributed by atoms with van der Waals surface area (Å²) in [5.41, 5.74) is 8.43. The Labute approximate surface area is 125 Å². The van der Waals surface area contributed by atoms with E-state index < -0.39 is 0 Å². The van der Waals surface area contributed by atoms with Crippen LogP contribution in [0.25, 0.3) is 0 Å². The maximum Gasteiger partial charge on any atom is 0.238 e. The molecule has 1 fully saturated rings. The van der Waals surface area contributed by atoms with Gasteiger partial charge in [0.25, 0.3) is 0 Å². The molecule has 1 aromatic rings. The lowest BCUT2D eigenvalue weighted by Crippen LogP contribution is -2.50. The van der Waals surface area contributed by atoms with Crippen molar-refractivity contribution in [2.24, 2.45) is 5.73 Å². The van der Waals surface area contributed by atoms with E-state index in [1.807, 2.05) is 36.9 Å². The second kappa shape index (κ2) is 6.72. The number of piperidine rings is 1. The summed E-state index contributed by atoms with van der Waals surface area (Å²) in [6, 6.07) is 5.59. The maximum absolute atomic E-state index is 12.2. The van der Waals surface area contributed by atoms with Crippen LogP contribution in [0.15, 0.2) is 18.2 Å². The first-order chi connectivity index (χ1) is 9.97. The van der Waals surface area contributed by atoms with Crippen LogP contribution in [0.2, 0.25) is 0 Å². The van der Waals surface area contributed by atoms with E-state index in [1.165, 1.54) is 0 Å². The number of rotatable bonds is 4. The van der Waals surface area contributed by atoms with Gasteiger partial charge in [-0.05, 0) is 44.9 Å². The first-order valence-corrected chi connectivity index (χ1v) is 7.38. The fraction of sp³-hybridized carbons (Fsp3) is 0.500. The van der Waals surface area contributed by atoms with Crippen LogP contribution in [0, 0.1) is 13.8 Å². The van der Waals surface area contributed by atoms with Crippen LogP contribution >= 0.6 is 0 Å². The van der Waals surface area contributed by atoms with Crippen molar-refractivity contribution < 1.29 is 9.59 Å². The number of carbonyl (C=O) groups is 2. The molecule has 0 saturated carbocycles. The van der Waals surface area contributed by atoms with Crippen molar-refractivity contribution in [2.45, 2.75) is 39.2 Å². The topological polar surface area (TPSA) is 75.4 Å². The molecule has 5 heteroatoms. The van der Waals surface area contributed by atoms with E-state index in [0.29, 0.717) is 0 Å². The van der Waals surface area contributed by atoms with E-state index in [2.05, 4.69) is 5.32 Å². The molecule has 1 heterocycles. The fourth-order valence-electron chi connectivity index (χ4n) is 2.83. The highest BCUT2D eigenvalue weighted by Gasteiger charge is 2.28. The SMILES string of the molecule is Cc1ccc(NC(=O)CN2CCCC[C@@H]2C(N)=O)c(C)c1. The molecule has 3 N–H and O–H groups in total. The van der Waals surface area contributed by atoms with Crippen LogP contribution in [0.4, 0.5) is 5.69 Å². The van der Waals surface area contributed by atoms with Gasteiger partial charge in [0.1, 0.15) is 0 Å². The summed E-state index contributed by atoms with van der Waals surface area (Å²) < 4.78 is 0. The van der Waals surface area contributed by atoms with Crippen LogP contribution in [-0.4, -0.2) is 35.8 Å². The van der Waals surface area contributed by atoms with Crippen LogP contribution in [0.1, 0.15) is 30.4 Å². The molecular formula is C16H23N3O2. The van der Waals surface area contributed by atoms with E-state index in [-0.39, 0.29) is 24.4 Å². The Morgan fingerprint density at radius 3 is 2.76 bits per heavy atom. The summed E-state index contributed by atoms with van der Waals surface area (Å²) in [4.78, 5) is 25.5. The lowest BCUT2D eigenvalue weighted by molar-refractivity contribution is -0.126. The Morgan fingerprint density at radius 1 is 1.33 bits per heavy atom. The average Bonchev–Trinajstić information content (AvgIpc) is 2.42. The van der Waals surface area contributed by atoms with Gasteiger partial charge in [-0.2, -0.15) is 0 Å². The van der Waals surface area contributed by atoms with Gasteiger partial charge in [-0.15, -0.1) is 0 Å². The van der Waals surface area contributed by atoms with Crippen molar-refractivity contribution in [1.82, 2.24) is 4.90 Å². The molecule has 2 rings (SSSR count). The summed E-state index contributed by atoms with van der Waals surface area (Å²) in [5, 5.41) is 2.91. The van der Waals surface area contributed by atoms with Crippen LogP contribution in [-0.2, 0) is 9.59 Å². The standard InChI is InChI=1S/C16H23N3O2/c1-11-6-7-13(12(2)9-11)18-15(20)10-19-8-4-3-5-14(19)16(17)21/h6-7,9,14H,3-5,8,10H2,1-2H3,(H2,17,21)(H,18,20)/t14-/m1/s1. The number of nitrogens with zero attached hydrogens (tertiary/aromatic N) is 1. The second-order valence-corrected chi connectivity index (χ2v) is 5.75. The smallest absolute Gasteiger partial charge is 0.238 e. The van der Waals surface area contributed by atoms with Gasteiger partial charge < -0.3 is 11.1 Å². The van der Waals surface area contributed by atoms with Crippen molar-refractivity contribution >= 4 is 17.5 Å². The third-order valence-electron chi connectivity index (χ3n) is 3.94. The number of hydrogen-bond donors (Lipinski definition) is 2. The molecule has 1 aliphatic rings.